The third kappa shape index (κ3) is 4.94. The molecule has 3 rings (SSSR count). The Labute approximate surface area is 164 Å². The molecule has 0 atom stereocenters. The second kappa shape index (κ2) is 9.12. The van der Waals surface area contributed by atoms with E-state index in [0.717, 1.165) is 17.7 Å². The highest BCUT2D eigenvalue weighted by molar-refractivity contribution is 5.94. The Kier molecular flexibility index (Phi) is 6.37. The van der Waals surface area contributed by atoms with Gasteiger partial charge in [0, 0.05) is 38.3 Å². The number of piperazine rings is 1. The monoisotopic (exact) mass is 383 g/mol. The standard InChI is InChI=1S/C21H25N3O4/c1-28-19-8-2-16(3-9-19)10-11-22-21(27)24-14-12-23(13-15-24)20(26)17-4-6-18(25)7-5-17/h2-9,25H,10-15H2,1H3,(H,22,27). The second-order valence-electron chi connectivity index (χ2n) is 6.66. The molecule has 1 aliphatic heterocycles. The lowest BCUT2D eigenvalue weighted by Gasteiger charge is -2.34. The highest BCUT2D eigenvalue weighted by Crippen LogP contribution is 2.14. The summed E-state index contributed by atoms with van der Waals surface area (Å²) in [4.78, 5) is 28.3. The summed E-state index contributed by atoms with van der Waals surface area (Å²) < 4.78 is 5.13. The number of aromatic hydroxyl groups is 1. The molecule has 1 heterocycles. The highest BCUT2D eigenvalue weighted by atomic mass is 16.5. The van der Waals surface area contributed by atoms with E-state index < -0.39 is 0 Å². The summed E-state index contributed by atoms with van der Waals surface area (Å²) in [7, 11) is 1.63. The molecule has 0 aromatic heterocycles. The average molecular weight is 383 g/mol. The van der Waals surface area contributed by atoms with Crippen LogP contribution in [0.2, 0.25) is 0 Å². The zero-order valence-electron chi connectivity index (χ0n) is 15.9. The fourth-order valence-electron chi connectivity index (χ4n) is 3.12. The molecular formula is C21H25N3O4. The molecule has 2 aromatic carbocycles. The number of urea groups is 1. The highest BCUT2D eigenvalue weighted by Gasteiger charge is 2.24. The molecular weight excluding hydrogens is 358 g/mol. The summed E-state index contributed by atoms with van der Waals surface area (Å²) in [5.41, 5.74) is 1.67. The summed E-state index contributed by atoms with van der Waals surface area (Å²) >= 11 is 0. The van der Waals surface area contributed by atoms with Crippen molar-refractivity contribution in [3.05, 3.63) is 59.7 Å². The number of hydrogen-bond acceptors (Lipinski definition) is 4. The molecule has 0 aliphatic carbocycles. The van der Waals surface area contributed by atoms with Crippen molar-refractivity contribution in [1.29, 1.82) is 0 Å². The van der Waals surface area contributed by atoms with E-state index in [1.807, 2.05) is 24.3 Å². The number of benzene rings is 2. The lowest BCUT2D eigenvalue weighted by atomic mass is 10.1. The fourth-order valence-corrected chi connectivity index (χ4v) is 3.12. The second-order valence-corrected chi connectivity index (χ2v) is 6.66. The Balaban J connectivity index is 1.41. The lowest BCUT2D eigenvalue weighted by Crippen LogP contribution is -2.53. The first-order valence-corrected chi connectivity index (χ1v) is 9.31. The normalized spacial score (nSPS) is 13.9. The van der Waals surface area contributed by atoms with Gasteiger partial charge in [-0.05, 0) is 48.4 Å². The van der Waals surface area contributed by atoms with Crippen LogP contribution in [0.1, 0.15) is 15.9 Å². The van der Waals surface area contributed by atoms with E-state index in [2.05, 4.69) is 5.32 Å². The Bertz CT molecular complexity index is 797. The topological polar surface area (TPSA) is 82.1 Å². The molecule has 7 heteroatoms. The van der Waals surface area contributed by atoms with E-state index in [-0.39, 0.29) is 17.7 Å². The van der Waals surface area contributed by atoms with Gasteiger partial charge in [0.2, 0.25) is 0 Å². The fraction of sp³-hybridized carbons (Fsp3) is 0.333. The number of phenols is 1. The van der Waals surface area contributed by atoms with Crippen molar-refractivity contribution in [1.82, 2.24) is 15.1 Å². The molecule has 3 amide bonds. The molecule has 0 bridgehead atoms. The number of methoxy groups -OCH3 is 1. The van der Waals surface area contributed by atoms with Crippen LogP contribution in [-0.4, -0.2) is 66.7 Å². The molecule has 148 valence electrons. The Hall–Kier alpha value is -3.22. The third-order valence-electron chi connectivity index (χ3n) is 4.82. The van der Waals surface area contributed by atoms with E-state index in [0.29, 0.717) is 38.3 Å². The zero-order chi connectivity index (χ0) is 19.9. The smallest absolute Gasteiger partial charge is 0.317 e. The van der Waals surface area contributed by atoms with Crippen molar-refractivity contribution in [2.75, 3.05) is 39.8 Å². The van der Waals surface area contributed by atoms with Gasteiger partial charge in [0.1, 0.15) is 11.5 Å². The van der Waals surface area contributed by atoms with Crippen LogP contribution in [-0.2, 0) is 6.42 Å². The van der Waals surface area contributed by atoms with Crippen molar-refractivity contribution in [2.45, 2.75) is 6.42 Å². The zero-order valence-corrected chi connectivity index (χ0v) is 15.9. The number of phenolic OH excluding ortho intramolecular Hbond substituents is 1. The number of nitrogens with one attached hydrogen (secondary N) is 1. The van der Waals surface area contributed by atoms with Crippen LogP contribution in [0.15, 0.2) is 48.5 Å². The first kappa shape index (κ1) is 19.5. The van der Waals surface area contributed by atoms with Crippen molar-refractivity contribution < 1.29 is 19.4 Å². The molecule has 1 aliphatic rings. The first-order valence-electron chi connectivity index (χ1n) is 9.31. The van der Waals surface area contributed by atoms with Crippen molar-refractivity contribution in [3.8, 4) is 11.5 Å². The van der Waals surface area contributed by atoms with Crippen LogP contribution in [0.3, 0.4) is 0 Å². The van der Waals surface area contributed by atoms with Gasteiger partial charge in [-0.25, -0.2) is 4.79 Å². The predicted molar refractivity (Wildman–Crippen MR) is 106 cm³/mol. The maximum atomic E-state index is 12.5. The van der Waals surface area contributed by atoms with Crippen LogP contribution in [0.25, 0.3) is 0 Å². The summed E-state index contributed by atoms with van der Waals surface area (Å²) in [6.45, 7) is 2.53. The van der Waals surface area contributed by atoms with E-state index in [1.54, 1.807) is 29.0 Å². The van der Waals surface area contributed by atoms with Crippen LogP contribution >= 0.6 is 0 Å². The van der Waals surface area contributed by atoms with Gasteiger partial charge in [-0.2, -0.15) is 0 Å². The Morgan fingerprint density at radius 2 is 1.57 bits per heavy atom. The molecule has 0 unspecified atom stereocenters. The molecule has 7 nitrogen and oxygen atoms in total. The van der Waals surface area contributed by atoms with Gasteiger partial charge in [0.25, 0.3) is 5.91 Å². The van der Waals surface area contributed by atoms with Gasteiger partial charge >= 0.3 is 6.03 Å². The van der Waals surface area contributed by atoms with Crippen LogP contribution in [0.4, 0.5) is 4.79 Å². The number of amides is 3. The minimum Gasteiger partial charge on any atom is -0.508 e. The molecule has 2 aromatic rings. The van der Waals surface area contributed by atoms with Crippen LogP contribution in [0.5, 0.6) is 11.5 Å². The van der Waals surface area contributed by atoms with Crippen molar-refractivity contribution in [2.24, 2.45) is 0 Å². The van der Waals surface area contributed by atoms with Gasteiger partial charge in [-0.15, -0.1) is 0 Å². The first-order chi connectivity index (χ1) is 13.6. The summed E-state index contributed by atoms with van der Waals surface area (Å²) in [6.07, 6.45) is 0.745. The van der Waals surface area contributed by atoms with E-state index in [9.17, 15) is 14.7 Å². The van der Waals surface area contributed by atoms with E-state index in [1.165, 1.54) is 12.1 Å². The van der Waals surface area contributed by atoms with Crippen LogP contribution in [0, 0.1) is 0 Å². The molecule has 0 spiro atoms. The number of carbonyl (C=O) groups is 2. The van der Waals surface area contributed by atoms with Crippen molar-refractivity contribution in [3.63, 3.8) is 0 Å². The molecule has 28 heavy (non-hydrogen) atoms. The predicted octanol–water partition coefficient (Wildman–Crippen LogP) is 2.11. The van der Waals surface area contributed by atoms with Gasteiger partial charge in [-0.1, -0.05) is 12.1 Å². The number of carbonyl (C=O) groups excluding carboxylic acids is 2. The number of hydrogen-bond donors (Lipinski definition) is 2. The number of rotatable bonds is 5. The van der Waals surface area contributed by atoms with Gasteiger partial charge in [0.05, 0.1) is 7.11 Å². The largest absolute Gasteiger partial charge is 0.508 e. The molecule has 0 radical (unpaired) electrons. The van der Waals surface area contributed by atoms with E-state index in [4.69, 9.17) is 4.74 Å². The van der Waals surface area contributed by atoms with Gasteiger partial charge < -0.3 is 25.0 Å². The summed E-state index contributed by atoms with van der Waals surface area (Å²) in [6, 6.07) is 13.9. The average Bonchev–Trinajstić information content (AvgIpc) is 2.74. The summed E-state index contributed by atoms with van der Waals surface area (Å²) in [5.74, 6) is 0.861. The minimum absolute atomic E-state index is 0.0837. The molecule has 1 saturated heterocycles. The Morgan fingerprint density at radius 3 is 2.18 bits per heavy atom. The maximum Gasteiger partial charge on any atom is 0.317 e. The summed E-state index contributed by atoms with van der Waals surface area (Å²) in [5, 5.41) is 12.3. The SMILES string of the molecule is COc1ccc(CCNC(=O)N2CCN(C(=O)c3ccc(O)cc3)CC2)cc1. The van der Waals surface area contributed by atoms with Gasteiger partial charge in [0.15, 0.2) is 0 Å². The number of ether oxygens (including phenoxy) is 1. The Morgan fingerprint density at radius 1 is 0.964 bits per heavy atom. The van der Waals surface area contributed by atoms with Crippen LogP contribution < -0.4 is 10.1 Å². The molecule has 2 N–H and O–H groups in total. The van der Waals surface area contributed by atoms with Gasteiger partial charge in [-0.3, -0.25) is 4.79 Å². The van der Waals surface area contributed by atoms with Crippen molar-refractivity contribution >= 4 is 11.9 Å². The quantitative estimate of drug-likeness (QED) is 0.829. The minimum atomic E-state index is -0.106. The van der Waals surface area contributed by atoms with E-state index >= 15 is 0 Å². The molecule has 0 saturated carbocycles. The lowest BCUT2D eigenvalue weighted by molar-refractivity contribution is 0.0665. The molecule has 1 fully saturated rings. The number of nitrogens with zero attached hydrogens (tertiary/aromatic N) is 2. The third-order valence-corrected chi connectivity index (χ3v) is 4.82. The maximum absolute atomic E-state index is 12.5.